The van der Waals surface area contributed by atoms with Crippen LogP contribution >= 0.6 is 23.2 Å². The van der Waals surface area contributed by atoms with E-state index >= 15 is 0 Å². The van der Waals surface area contributed by atoms with Crippen molar-refractivity contribution < 1.29 is 4.74 Å². The lowest BCUT2D eigenvalue weighted by Gasteiger charge is -2.11. The molecule has 112 valence electrons. The van der Waals surface area contributed by atoms with Crippen LogP contribution in [0, 0.1) is 0 Å². The van der Waals surface area contributed by atoms with E-state index in [0.29, 0.717) is 22.7 Å². The Kier molecular flexibility index (Phi) is 5.92. The molecule has 0 saturated heterocycles. The first-order valence-electron chi connectivity index (χ1n) is 6.93. The number of halogens is 2. The van der Waals surface area contributed by atoms with Gasteiger partial charge in [-0.1, -0.05) is 49.2 Å². The highest BCUT2D eigenvalue weighted by molar-refractivity contribution is 6.33. The van der Waals surface area contributed by atoms with Crippen molar-refractivity contribution in [1.82, 2.24) is 5.32 Å². The van der Waals surface area contributed by atoms with Gasteiger partial charge in [-0.05, 0) is 35.9 Å². The third-order valence-electron chi connectivity index (χ3n) is 3.01. The average Bonchev–Trinajstić information content (AvgIpc) is 2.46. The summed E-state index contributed by atoms with van der Waals surface area (Å²) < 4.78 is 5.80. The molecule has 0 saturated carbocycles. The van der Waals surface area contributed by atoms with Gasteiger partial charge in [0.25, 0.3) is 0 Å². The molecule has 21 heavy (non-hydrogen) atoms. The van der Waals surface area contributed by atoms with E-state index in [1.54, 1.807) is 12.1 Å². The van der Waals surface area contributed by atoms with E-state index in [1.165, 1.54) is 5.56 Å². The van der Waals surface area contributed by atoms with E-state index in [4.69, 9.17) is 27.9 Å². The normalized spacial score (nSPS) is 10.9. The number of ether oxygens (including phenoxy) is 1. The molecule has 0 atom stereocenters. The van der Waals surface area contributed by atoms with Crippen LogP contribution in [0.4, 0.5) is 0 Å². The van der Waals surface area contributed by atoms with Gasteiger partial charge in [0.2, 0.25) is 0 Å². The van der Waals surface area contributed by atoms with Crippen molar-refractivity contribution >= 4 is 23.2 Å². The van der Waals surface area contributed by atoms with Crippen molar-refractivity contribution in [1.29, 1.82) is 0 Å². The molecule has 0 amide bonds. The molecule has 0 heterocycles. The fourth-order valence-electron chi connectivity index (χ4n) is 1.88. The molecule has 1 N–H and O–H groups in total. The molecule has 2 rings (SSSR count). The monoisotopic (exact) mass is 323 g/mol. The van der Waals surface area contributed by atoms with Crippen molar-refractivity contribution in [3.05, 3.63) is 63.6 Å². The maximum absolute atomic E-state index is 6.13. The minimum absolute atomic E-state index is 0.403. The zero-order valence-corrected chi connectivity index (χ0v) is 13.7. The van der Waals surface area contributed by atoms with E-state index in [1.807, 2.05) is 24.3 Å². The van der Waals surface area contributed by atoms with Crippen molar-refractivity contribution in [2.45, 2.75) is 33.0 Å². The molecule has 4 heteroatoms. The standard InChI is InChI=1S/C17H19Cl2NO/c1-12(2)20-10-13-4-3-5-16(8-13)21-11-14-9-15(18)6-7-17(14)19/h3-9,12,20H,10-11H2,1-2H3. The Morgan fingerprint density at radius 2 is 1.90 bits per heavy atom. The molecule has 2 aromatic carbocycles. The van der Waals surface area contributed by atoms with Gasteiger partial charge in [-0.15, -0.1) is 0 Å². The third-order valence-corrected chi connectivity index (χ3v) is 3.62. The van der Waals surface area contributed by atoms with Gasteiger partial charge in [0.05, 0.1) is 0 Å². The van der Waals surface area contributed by atoms with Gasteiger partial charge >= 0.3 is 0 Å². The molecule has 0 unspecified atom stereocenters. The van der Waals surface area contributed by atoms with Crippen LogP contribution < -0.4 is 10.1 Å². The smallest absolute Gasteiger partial charge is 0.120 e. The molecule has 0 aliphatic rings. The van der Waals surface area contributed by atoms with Crippen LogP contribution in [0.5, 0.6) is 5.75 Å². The molecule has 0 bridgehead atoms. The Hall–Kier alpha value is -1.22. The van der Waals surface area contributed by atoms with Gasteiger partial charge in [0, 0.05) is 28.2 Å². The SMILES string of the molecule is CC(C)NCc1cccc(OCc2cc(Cl)ccc2Cl)c1. The quantitative estimate of drug-likeness (QED) is 0.801. The second-order valence-electron chi connectivity index (χ2n) is 5.21. The molecule has 2 aromatic rings. The summed E-state index contributed by atoms with van der Waals surface area (Å²) >= 11 is 12.1. The number of hydrogen-bond donors (Lipinski definition) is 1. The van der Waals surface area contributed by atoms with Crippen LogP contribution in [-0.2, 0) is 13.2 Å². The van der Waals surface area contributed by atoms with Gasteiger partial charge in [-0.2, -0.15) is 0 Å². The van der Waals surface area contributed by atoms with Crippen LogP contribution in [0.2, 0.25) is 10.0 Å². The fourth-order valence-corrected chi connectivity index (χ4v) is 2.25. The summed E-state index contributed by atoms with van der Waals surface area (Å²) in [5.41, 5.74) is 2.08. The zero-order chi connectivity index (χ0) is 15.2. The second kappa shape index (κ2) is 7.69. The molecule has 0 spiro atoms. The summed E-state index contributed by atoms with van der Waals surface area (Å²) in [4.78, 5) is 0. The highest BCUT2D eigenvalue weighted by Gasteiger charge is 2.04. The van der Waals surface area contributed by atoms with Gasteiger partial charge in [0.1, 0.15) is 12.4 Å². The van der Waals surface area contributed by atoms with Crippen molar-refractivity contribution in [2.24, 2.45) is 0 Å². The predicted octanol–water partition coefficient (Wildman–Crippen LogP) is 5.07. The number of nitrogens with one attached hydrogen (secondary N) is 1. The minimum Gasteiger partial charge on any atom is -0.489 e. The average molecular weight is 324 g/mol. The first-order chi connectivity index (χ1) is 10.0. The Morgan fingerprint density at radius 1 is 1.10 bits per heavy atom. The highest BCUT2D eigenvalue weighted by atomic mass is 35.5. The van der Waals surface area contributed by atoms with Gasteiger partial charge in [0.15, 0.2) is 0 Å². The Balaban J connectivity index is 1.99. The molecule has 0 aliphatic heterocycles. The molecule has 0 aromatic heterocycles. The van der Waals surface area contributed by atoms with E-state index in [0.717, 1.165) is 17.9 Å². The minimum atomic E-state index is 0.403. The molecule has 2 nitrogen and oxygen atoms in total. The first-order valence-corrected chi connectivity index (χ1v) is 7.69. The molecule has 0 aliphatic carbocycles. The predicted molar refractivity (Wildman–Crippen MR) is 89.2 cm³/mol. The fraction of sp³-hybridized carbons (Fsp3) is 0.294. The summed E-state index contributed by atoms with van der Waals surface area (Å²) in [5.74, 6) is 0.828. The van der Waals surface area contributed by atoms with E-state index in [9.17, 15) is 0 Å². The number of benzene rings is 2. The maximum Gasteiger partial charge on any atom is 0.120 e. The number of hydrogen-bond acceptors (Lipinski definition) is 2. The first kappa shape index (κ1) is 16.2. The van der Waals surface area contributed by atoms with Crippen LogP contribution in [0.25, 0.3) is 0 Å². The lowest BCUT2D eigenvalue weighted by molar-refractivity contribution is 0.306. The van der Waals surface area contributed by atoms with Gasteiger partial charge in [-0.3, -0.25) is 0 Å². The molecule has 0 radical (unpaired) electrons. The Morgan fingerprint density at radius 3 is 2.67 bits per heavy atom. The topological polar surface area (TPSA) is 21.3 Å². The molecular weight excluding hydrogens is 305 g/mol. The van der Waals surface area contributed by atoms with E-state index in [2.05, 4.69) is 25.2 Å². The van der Waals surface area contributed by atoms with Crippen LogP contribution in [0.1, 0.15) is 25.0 Å². The summed E-state index contributed by atoms with van der Waals surface area (Å²) in [6.45, 7) is 5.48. The van der Waals surface area contributed by atoms with Crippen LogP contribution in [0.3, 0.4) is 0 Å². The molecular formula is C17H19Cl2NO. The Labute approximate surface area is 136 Å². The van der Waals surface area contributed by atoms with Crippen molar-refractivity contribution in [3.8, 4) is 5.75 Å². The van der Waals surface area contributed by atoms with Crippen molar-refractivity contribution in [2.75, 3.05) is 0 Å². The van der Waals surface area contributed by atoms with Crippen LogP contribution in [0.15, 0.2) is 42.5 Å². The summed E-state index contributed by atoms with van der Waals surface area (Å²) in [6, 6.07) is 13.9. The zero-order valence-electron chi connectivity index (χ0n) is 12.2. The Bertz CT molecular complexity index is 599. The lowest BCUT2D eigenvalue weighted by atomic mass is 10.2. The van der Waals surface area contributed by atoms with Gasteiger partial charge < -0.3 is 10.1 Å². The van der Waals surface area contributed by atoms with Gasteiger partial charge in [-0.25, -0.2) is 0 Å². The van der Waals surface area contributed by atoms with Crippen molar-refractivity contribution in [3.63, 3.8) is 0 Å². The summed E-state index contributed by atoms with van der Waals surface area (Å²) in [7, 11) is 0. The summed E-state index contributed by atoms with van der Waals surface area (Å²) in [5, 5.41) is 4.71. The lowest BCUT2D eigenvalue weighted by Crippen LogP contribution is -2.21. The van der Waals surface area contributed by atoms with E-state index in [-0.39, 0.29) is 0 Å². The van der Waals surface area contributed by atoms with Crippen LogP contribution in [-0.4, -0.2) is 6.04 Å². The number of rotatable bonds is 6. The largest absolute Gasteiger partial charge is 0.489 e. The second-order valence-corrected chi connectivity index (χ2v) is 6.05. The maximum atomic E-state index is 6.13. The molecule has 0 fully saturated rings. The summed E-state index contributed by atoms with van der Waals surface area (Å²) in [6.07, 6.45) is 0. The van der Waals surface area contributed by atoms with E-state index < -0.39 is 0 Å². The highest BCUT2D eigenvalue weighted by Crippen LogP contribution is 2.23. The third kappa shape index (κ3) is 5.24.